The molecule has 1 aliphatic rings. The lowest BCUT2D eigenvalue weighted by molar-refractivity contribution is 0.463. The van der Waals surface area contributed by atoms with Gasteiger partial charge in [0.25, 0.3) is 0 Å². The maximum absolute atomic E-state index is 5.84. The molecule has 4 nitrogen and oxygen atoms in total. The predicted octanol–water partition coefficient (Wildman–Crippen LogP) is 1.63. The van der Waals surface area contributed by atoms with Gasteiger partial charge in [0.15, 0.2) is 5.88 Å². The lowest BCUT2D eigenvalue weighted by atomic mass is 10.2. The molecule has 3 heterocycles. The molecule has 1 N–H and O–H groups in total. The number of nitrogens with one attached hydrogen (secondary N) is 1. The van der Waals surface area contributed by atoms with Gasteiger partial charge in [-0.1, -0.05) is 0 Å². The number of hydrogen-bond acceptors (Lipinski definition) is 4. The molecule has 16 heavy (non-hydrogen) atoms. The van der Waals surface area contributed by atoms with Crippen LogP contribution < -0.4 is 10.2 Å². The fourth-order valence-corrected chi connectivity index (χ4v) is 2.18. The summed E-state index contributed by atoms with van der Waals surface area (Å²) < 4.78 is 5.84. The quantitative estimate of drug-likeness (QED) is 0.788. The van der Waals surface area contributed by atoms with Crippen LogP contribution in [0.4, 0.5) is 5.88 Å². The molecule has 1 atom stereocenters. The first-order chi connectivity index (χ1) is 7.84. The van der Waals surface area contributed by atoms with Crippen molar-refractivity contribution in [2.75, 3.05) is 24.5 Å². The van der Waals surface area contributed by atoms with Crippen molar-refractivity contribution in [1.82, 2.24) is 10.3 Å². The van der Waals surface area contributed by atoms with Crippen LogP contribution in [-0.2, 0) is 0 Å². The third kappa shape index (κ3) is 1.55. The average molecular weight is 217 g/mol. The second-order valence-electron chi connectivity index (χ2n) is 4.24. The summed E-state index contributed by atoms with van der Waals surface area (Å²) in [7, 11) is 0. The highest BCUT2D eigenvalue weighted by molar-refractivity contribution is 5.79. The molecular weight excluding hydrogens is 202 g/mol. The minimum absolute atomic E-state index is 0.474. The van der Waals surface area contributed by atoms with Crippen molar-refractivity contribution in [2.24, 2.45) is 0 Å². The first-order valence-corrected chi connectivity index (χ1v) is 5.65. The van der Waals surface area contributed by atoms with E-state index in [2.05, 4.69) is 28.2 Å². The maximum Gasteiger partial charge on any atom is 0.197 e. The molecule has 0 amide bonds. The van der Waals surface area contributed by atoms with Gasteiger partial charge in [0.1, 0.15) is 5.58 Å². The van der Waals surface area contributed by atoms with Crippen molar-refractivity contribution >= 4 is 16.9 Å². The van der Waals surface area contributed by atoms with Crippen molar-refractivity contribution in [1.29, 1.82) is 0 Å². The molecular formula is C12H15N3O. The lowest BCUT2D eigenvalue weighted by Crippen LogP contribution is -2.49. The molecule has 1 fully saturated rings. The molecule has 0 bridgehead atoms. The molecule has 0 aliphatic carbocycles. The third-order valence-corrected chi connectivity index (χ3v) is 3.09. The maximum atomic E-state index is 5.84. The Bertz CT molecular complexity index is 461. The molecule has 2 aromatic rings. The summed E-state index contributed by atoms with van der Waals surface area (Å²) in [6.07, 6.45) is 3.60. The zero-order valence-corrected chi connectivity index (χ0v) is 9.31. The first kappa shape index (κ1) is 9.66. The molecule has 0 saturated carbocycles. The van der Waals surface area contributed by atoms with Gasteiger partial charge in [0.2, 0.25) is 0 Å². The van der Waals surface area contributed by atoms with Gasteiger partial charge in [0, 0.05) is 49.5 Å². The Morgan fingerprint density at radius 2 is 2.50 bits per heavy atom. The molecule has 1 aliphatic heterocycles. The van der Waals surface area contributed by atoms with Crippen LogP contribution in [0.2, 0.25) is 0 Å². The molecule has 0 aromatic carbocycles. The molecule has 2 aromatic heterocycles. The molecule has 4 heteroatoms. The van der Waals surface area contributed by atoms with E-state index in [1.54, 1.807) is 6.20 Å². The van der Waals surface area contributed by atoms with Crippen LogP contribution >= 0.6 is 0 Å². The Balaban J connectivity index is 1.98. The summed E-state index contributed by atoms with van der Waals surface area (Å²) in [6.45, 7) is 5.22. The van der Waals surface area contributed by atoms with Crippen molar-refractivity contribution in [3.05, 3.63) is 24.5 Å². The van der Waals surface area contributed by atoms with Gasteiger partial charge in [0.05, 0.1) is 0 Å². The number of hydrogen-bond donors (Lipinski definition) is 1. The van der Waals surface area contributed by atoms with Crippen molar-refractivity contribution in [3.63, 3.8) is 0 Å². The smallest absolute Gasteiger partial charge is 0.197 e. The van der Waals surface area contributed by atoms with Crippen LogP contribution in [0.3, 0.4) is 0 Å². The van der Waals surface area contributed by atoms with E-state index in [1.165, 1.54) is 0 Å². The Morgan fingerprint density at radius 3 is 3.31 bits per heavy atom. The molecule has 1 saturated heterocycles. The van der Waals surface area contributed by atoms with Gasteiger partial charge in [-0.2, -0.15) is 0 Å². The summed E-state index contributed by atoms with van der Waals surface area (Å²) in [6, 6.07) is 4.46. The van der Waals surface area contributed by atoms with Crippen LogP contribution in [0.5, 0.6) is 0 Å². The number of aromatic nitrogens is 1. The first-order valence-electron chi connectivity index (χ1n) is 5.65. The van der Waals surface area contributed by atoms with Gasteiger partial charge >= 0.3 is 0 Å². The van der Waals surface area contributed by atoms with Gasteiger partial charge in [-0.3, -0.25) is 4.98 Å². The van der Waals surface area contributed by atoms with Gasteiger partial charge in [-0.05, 0) is 13.0 Å². The highest BCUT2D eigenvalue weighted by Crippen LogP contribution is 2.26. The lowest BCUT2D eigenvalue weighted by Gasteiger charge is -2.33. The van der Waals surface area contributed by atoms with E-state index < -0.39 is 0 Å². The zero-order chi connectivity index (χ0) is 11.0. The van der Waals surface area contributed by atoms with Crippen LogP contribution in [0.1, 0.15) is 6.92 Å². The van der Waals surface area contributed by atoms with E-state index >= 15 is 0 Å². The van der Waals surface area contributed by atoms with E-state index in [1.807, 2.05) is 12.3 Å². The zero-order valence-electron chi connectivity index (χ0n) is 9.31. The van der Waals surface area contributed by atoms with Gasteiger partial charge in [-0.15, -0.1) is 0 Å². The van der Waals surface area contributed by atoms with Crippen LogP contribution in [0.15, 0.2) is 28.9 Å². The predicted molar refractivity (Wildman–Crippen MR) is 63.7 cm³/mol. The SMILES string of the molecule is CC1CNCCN1c1cc2cnccc2o1. The number of rotatable bonds is 1. The van der Waals surface area contributed by atoms with Crippen molar-refractivity contribution in [2.45, 2.75) is 13.0 Å². The fourth-order valence-electron chi connectivity index (χ4n) is 2.18. The molecule has 1 unspecified atom stereocenters. The van der Waals surface area contributed by atoms with Gasteiger partial charge < -0.3 is 14.6 Å². The Hall–Kier alpha value is -1.55. The van der Waals surface area contributed by atoms with Crippen molar-refractivity contribution in [3.8, 4) is 0 Å². The van der Waals surface area contributed by atoms with Crippen LogP contribution in [-0.4, -0.2) is 30.7 Å². The Labute approximate surface area is 94.3 Å². The summed E-state index contributed by atoms with van der Waals surface area (Å²) in [5.41, 5.74) is 0.913. The minimum atomic E-state index is 0.474. The standard InChI is InChI=1S/C12H15N3O/c1-9-7-14-4-5-15(9)12-6-10-8-13-3-2-11(10)16-12/h2-3,6,8-9,14H,4-5,7H2,1H3. The highest BCUT2D eigenvalue weighted by atomic mass is 16.4. The van der Waals surface area contributed by atoms with Gasteiger partial charge in [-0.25, -0.2) is 0 Å². The number of anilines is 1. The fraction of sp³-hybridized carbons (Fsp3) is 0.417. The molecule has 0 radical (unpaired) electrons. The van der Waals surface area contributed by atoms with E-state index in [4.69, 9.17) is 4.42 Å². The number of nitrogens with zero attached hydrogens (tertiary/aromatic N) is 2. The minimum Gasteiger partial charge on any atom is -0.440 e. The Kier molecular flexibility index (Phi) is 2.29. The number of furan rings is 1. The monoisotopic (exact) mass is 217 g/mol. The van der Waals surface area contributed by atoms with Crippen molar-refractivity contribution < 1.29 is 4.42 Å². The van der Waals surface area contributed by atoms with E-state index in [9.17, 15) is 0 Å². The van der Waals surface area contributed by atoms with E-state index in [0.717, 1.165) is 36.5 Å². The summed E-state index contributed by atoms with van der Waals surface area (Å²) >= 11 is 0. The van der Waals surface area contributed by atoms with Crippen LogP contribution in [0.25, 0.3) is 11.0 Å². The normalized spacial score (nSPS) is 21.6. The second kappa shape index (κ2) is 3.79. The summed E-state index contributed by atoms with van der Waals surface area (Å²) in [5, 5.41) is 4.44. The Morgan fingerprint density at radius 1 is 1.56 bits per heavy atom. The molecule has 3 rings (SSSR count). The number of pyridine rings is 1. The second-order valence-corrected chi connectivity index (χ2v) is 4.24. The third-order valence-electron chi connectivity index (χ3n) is 3.09. The number of fused-ring (bicyclic) bond motifs is 1. The molecule has 84 valence electrons. The van der Waals surface area contributed by atoms with E-state index in [0.29, 0.717) is 6.04 Å². The average Bonchev–Trinajstić information content (AvgIpc) is 2.73. The van der Waals surface area contributed by atoms with E-state index in [-0.39, 0.29) is 0 Å². The summed E-state index contributed by atoms with van der Waals surface area (Å²) in [4.78, 5) is 6.40. The topological polar surface area (TPSA) is 41.3 Å². The highest BCUT2D eigenvalue weighted by Gasteiger charge is 2.21. The molecule has 0 spiro atoms. The largest absolute Gasteiger partial charge is 0.440 e. The number of piperazine rings is 1. The van der Waals surface area contributed by atoms with Crippen LogP contribution in [0, 0.1) is 0 Å². The summed E-state index contributed by atoms with van der Waals surface area (Å²) in [5.74, 6) is 0.956.